The number of piperazine rings is 1. The van der Waals surface area contributed by atoms with Gasteiger partial charge < -0.3 is 9.64 Å². The fourth-order valence-electron chi connectivity index (χ4n) is 3.38. The Hall–Kier alpha value is -2.84. The standard InChI is InChI=1S/C22H25N3O2/c1-17-3-7-19(8-4-17)21(16-23)24-11-13-25(14-12-24)22(26)15-18-5-9-20(27-2)10-6-18/h3-10,21H,11-15H2,1-2H3. The Bertz CT molecular complexity index is 801. The minimum Gasteiger partial charge on any atom is -0.497 e. The van der Waals surface area contributed by atoms with Gasteiger partial charge >= 0.3 is 0 Å². The van der Waals surface area contributed by atoms with Crippen LogP contribution in [0.15, 0.2) is 48.5 Å². The number of benzene rings is 2. The van der Waals surface area contributed by atoms with Crippen LogP contribution in [-0.4, -0.2) is 49.0 Å². The Kier molecular flexibility index (Phi) is 6.10. The minimum atomic E-state index is -0.260. The lowest BCUT2D eigenvalue weighted by molar-refractivity contribution is -0.132. The summed E-state index contributed by atoms with van der Waals surface area (Å²) in [5.74, 6) is 0.919. The first kappa shape index (κ1) is 18.9. The van der Waals surface area contributed by atoms with E-state index in [1.165, 1.54) is 5.56 Å². The van der Waals surface area contributed by atoms with E-state index >= 15 is 0 Å². The summed E-state index contributed by atoms with van der Waals surface area (Å²) in [7, 11) is 1.63. The van der Waals surface area contributed by atoms with Crippen LogP contribution >= 0.6 is 0 Å². The summed E-state index contributed by atoms with van der Waals surface area (Å²) in [6.45, 7) is 4.76. The largest absolute Gasteiger partial charge is 0.497 e. The third-order valence-electron chi connectivity index (χ3n) is 5.06. The van der Waals surface area contributed by atoms with Crippen molar-refractivity contribution in [3.63, 3.8) is 0 Å². The van der Waals surface area contributed by atoms with Gasteiger partial charge in [-0.15, -0.1) is 0 Å². The highest BCUT2D eigenvalue weighted by Crippen LogP contribution is 2.22. The van der Waals surface area contributed by atoms with Crippen molar-refractivity contribution in [1.29, 1.82) is 5.26 Å². The molecule has 27 heavy (non-hydrogen) atoms. The molecule has 0 N–H and O–H groups in total. The molecule has 1 saturated heterocycles. The molecule has 140 valence electrons. The molecule has 1 atom stereocenters. The molecule has 2 aromatic carbocycles. The van der Waals surface area contributed by atoms with Crippen LogP contribution in [-0.2, 0) is 11.2 Å². The average molecular weight is 363 g/mol. The van der Waals surface area contributed by atoms with Crippen molar-refractivity contribution < 1.29 is 9.53 Å². The molecule has 1 heterocycles. The van der Waals surface area contributed by atoms with E-state index in [0.717, 1.165) is 16.9 Å². The van der Waals surface area contributed by atoms with E-state index in [2.05, 4.69) is 11.0 Å². The van der Waals surface area contributed by atoms with E-state index in [9.17, 15) is 10.1 Å². The normalized spacial score (nSPS) is 15.8. The Morgan fingerprint density at radius 3 is 2.26 bits per heavy atom. The summed E-state index contributed by atoms with van der Waals surface area (Å²) in [5.41, 5.74) is 3.18. The third kappa shape index (κ3) is 4.66. The highest BCUT2D eigenvalue weighted by atomic mass is 16.5. The van der Waals surface area contributed by atoms with Crippen LogP contribution in [0.25, 0.3) is 0 Å². The van der Waals surface area contributed by atoms with Crippen LogP contribution in [0, 0.1) is 18.3 Å². The first-order valence-corrected chi connectivity index (χ1v) is 9.21. The van der Waals surface area contributed by atoms with E-state index < -0.39 is 0 Å². The number of nitriles is 1. The second kappa shape index (κ2) is 8.70. The van der Waals surface area contributed by atoms with E-state index in [1.54, 1.807) is 7.11 Å². The molecule has 0 spiro atoms. The Labute approximate surface area is 160 Å². The maximum atomic E-state index is 12.6. The van der Waals surface area contributed by atoms with Crippen LogP contribution in [0.5, 0.6) is 5.75 Å². The van der Waals surface area contributed by atoms with Crippen molar-refractivity contribution in [2.45, 2.75) is 19.4 Å². The SMILES string of the molecule is COc1ccc(CC(=O)N2CCN(C(C#N)c3ccc(C)cc3)CC2)cc1. The lowest BCUT2D eigenvalue weighted by Crippen LogP contribution is -2.49. The zero-order valence-electron chi connectivity index (χ0n) is 15.9. The van der Waals surface area contributed by atoms with Crippen LogP contribution in [0.3, 0.4) is 0 Å². The summed E-state index contributed by atoms with van der Waals surface area (Å²) in [6.07, 6.45) is 0.392. The maximum absolute atomic E-state index is 12.6. The van der Waals surface area contributed by atoms with E-state index in [0.29, 0.717) is 32.6 Å². The molecule has 1 unspecified atom stereocenters. The van der Waals surface area contributed by atoms with Gasteiger partial charge in [-0.05, 0) is 30.2 Å². The average Bonchev–Trinajstić information content (AvgIpc) is 2.71. The summed E-state index contributed by atoms with van der Waals surface area (Å²) < 4.78 is 5.15. The summed E-state index contributed by atoms with van der Waals surface area (Å²) in [6, 6.07) is 17.9. The number of nitrogens with zero attached hydrogens (tertiary/aromatic N) is 3. The van der Waals surface area contributed by atoms with Crippen molar-refractivity contribution in [3.8, 4) is 11.8 Å². The molecule has 0 radical (unpaired) electrons. The molecule has 5 heteroatoms. The van der Waals surface area contributed by atoms with Crippen molar-refractivity contribution >= 4 is 5.91 Å². The topological polar surface area (TPSA) is 56.6 Å². The summed E-state index contributed by atoms with van der Waals surface area (Å²) >= 11 is 0. The first-order chi connectivity index (χ1) is 13.1. The molecule has 1 aliphatic rings. The van der Waals surface area contributed by atoms with Gasteiger partial charge in [0.1, 0.15) is 11.8 Å². The third-order valence-corrected chi connectivity index (χ3v) is 5.06. The number of hydrogen-bond acceptors (Lipinski definition) is 4. The number of amides is 1. The number of carbonyl (C=O) groups is 1. The van der Waals surface area contributed by atoms with E-state index in [-0.39, 0.29) is 11.9 Å². The second-order valence-corrected chi connectivity index (χ2v) is 6.88. The molecule has 0 aromatic heterocycles. The van der Waals surface area contributed by atoms with Crippen LogP contribution in [0.4, 0.5) is 0 Å². The van der Waals surface area contributed by atoms with Crippen molar-refractivity contribution in [2.24, 2.45) is 0 Å². The van der Waals surface area contributed by atoms with Gasteiger partial charge in [-0.2, -0.15) is 5.26 Å². The van der Waals surface area contributed by atoms with Gasteiger partial charge in [0.15, 0.2) is 0 Å². The van der Waals surface area contributed by atoms with Gasteiger partial charge in [0, 0.05) is 26.2 Å². The van der Waals surface area contributed by atoms with Gasteiger partial charge in [-0.1, -0.05) is 42.0 Å². The zero-order valence-corrected chi connectivity index (χ0v) is 15.9. The minimum absolute atomic E-state index is 0.128. The Morgan fingerprint density at radius 1 is 1.07 bits per heavy atom. The van der Waals surface area contributed by atoms with Gasteiger partial charge in [-0.3, -0.25) is 9.69 Å². The fourth-order valence-corrected chi connectivity index (χ4v) is 3.38. The fraction of sp³-hybridized carbons (Fsp3) is 0.364. The van der Waals surface area contributed by atoms with Crippen molar-refractivity contribution in [2.75, 3.05) is 33.3 Å². The predicted molar refractivity (Wildman–Crippen MR) is 104 cm³/mol. The molecule has 1 amide bonds. The van der Waals surface area contributed by atoms with Gasteiger partial charge in [0.2, 0.25) is 5.91 Å². The van der Waals surface area contributed by atoms with Crippen LogP contribution in [0.2, 0.25) is 0 Å². The number of rotatable bonds is 5. The van der Waals surface area contributed by atoms with Crippen molar-refractivity contribution in [1.82, 2.24) is 9.80 Å². The first-order valence-electron chi connectivity index (χ1n) is 9.21. The summed E-state index contributed by atoms with van der Waals surface area (Å²) in [4.78, 5) is 16.6. The molecule has 1 fully saturated rings. The lowest BCUT2D eigenvalue weighted by Gasteiger charge is -2.37. The highest BCUT2D eigenvalue weighted by molar-refractivity contribution is 5.79. The van der Waals surface area contributed by atoms with Crippen molar-refractivity contribution in [3.05, 3.63) is 65.2 Å². The molecule has 0 saturated carbocycles. The Morgan fingerprint density at radius 2 is 1.70 bits per heavy atom. The zero-order chi connectivity index (χ0) is 19.2. The van der Waals surface area contributed by atoms with E-state index in [4.69, 9.17) is 4.74 Å². The molecule has 1 aliphatic heterocycles. The number of methoxy groups -OCH3 is 1. The van der Waals surface area contributed by atoms with Crippen LogP contribution < -0.4 is 4.74 Å². The lowest BCUT2D eigenvalue weighted by atomic mass is 10.0. The number of ether oxygens (including phenoxy) is 1. The molecular weight excluding hydrogens is 338 g/mol. The maximum Gasteiger partial charge on any atom is 0.227 e. The number of aryl methyl sites for hydroxylation is 1. The number of hydrogen-bond donors (Lipinski definition) is 0. The molecule has 3 rings (SSSR count). The van der Waals surface area contributed by atoms with Gasteiger partial charge in [-0.25, -0.2) is 0 Å². The van der Waals surface area contributed by atoms with E-state index in [1.807, 2.05) is 60.4 Å². The molecule has 2 aromatic rings. The molecule has 0 aliphatic carbocycles. The highest BCUT2D eigenvalue weighted by Gasteiger charge is 2.27. The second-order valence-electron chi connectivity index (χ2n) is 6.88. The summed E-state index contributed by atoms with van der Waals surface area (Å²) in [5, 5.41) is 9.63. The Balaban J connectivity index is 1.56. The van der Waals surface area contributed by atoms with Gasteiger partial charge in [0.05, 0.1) is 19.6 Å². The van der Waals surface area contributed by atoms with Gasteiger partial charge in [0.25, 0.3) is 0 Å². The monoisotopic (exact) mass is 363 g/mol. The quantitative estimate of drug-likeness (QED) is 0.820. The van der Waals surface area contributed by atoms with Crippen LogP contribution in [0.1, 0.15) is 22.7 Å². The number of carbonyl (C=O) groups excluding carboxylic acids is 1. The molecule has 5 nitrogen and oxygen atoms in total. The predicted octanol–water partition coefficient (Wildman–Crippen LogP) is 2.96. The molecule has 0 bridgehead atoms. The molecular formula is C22H25N3O2. The smallest absolute Gasteiger partial charge is 0.227 e.